The van der Waals surface area contributed by atoms with Crippen molar-refractivity contribution in [2.24, 2.45) is 5.41 Å². The summed E-state index contributed by atoms with van der Waals surface area (Å²) in [4.78, 5) is 12.1. The third-order valence-corrected chi connectivity index (χ3v) is 5.59. The van der Waals surface area contributed by atoms with Crippen LogP contribution in [0.1, 0.15) is 36.0 Å². The third kappa shape index (κ3) is 4.93. The Bertz CT molecular complexity index is 699. The number of amides is 1. The molecule has 2 aliphatic rings. The number of rotatable bonds is 6. The number of hydrogen-bond donors (Lipinski definition) is 2. The topological polar surface area (TPSA) is 75.3 Å². The quantitative estimate of drug-likeness (QED) is 0.809. The van der Waals surface area contributed by atoms with Crippen molar-refractivity contribution in [3.63, 3.8) is 0 Å². The Morgan fingerprint density at radius 3 is 2.61 bits per heavy atom. The second-order valence-electron chi connectivity index (χ2n) is 6.73. The van der Waals surface area contributed by atoms with Gasteiger partial charge < -0.3 is 10.6 Å². The van der Waals surface area contributed by atoms with E-state index in [2.05, 4.69) is 22.8 Å². The van der Waals surface area contributed by atoms with Crippen LogP contribution in [0.5, 0.6) is 0 Å². The van der Waals surface area contributed by atoms with Crippen molar-refractivity contribution in [2.45, 2.75) is 38.9 Å². The van der Waals surface area contributed by atoms with Gasteiger partial charge in [0.2, 0.25) is 5.91 Å². The van der Waals surface area contributed by atoms with Gasteiger partial charge in [-0.15, -0.1) is 12.4 Å². The minimum absolute atomic E-state index is 0. The summed E-state index contributed by atoms with van der Waals surface area (Å²) in [6, 6.07) is 6.26. The van der Waals surface area contributed by atoms with E-state index in [0.717, 1.165) is 31.5 Å². The Kier molecular flexibility index (Phi) is 5.38. The van der Waals surface area contributed by atoms with Crippen LogP contribution < -0.4 is 10.6 Å². The molecule has 128 valence electrons. The Balaban J connectivity index is 0.00000192. The van der Waals surface area contributed by atoms with Crippen LogP contribution in [0.3, 0.4) is 0 Å². The highest BCUT2D eigenvalue weighted by molar-refractivity contribution is 7.90. The molecule has 0 saturated heterocycles. The molecule has 1 heterocycles. The predicted molar refractivity (Wildman–Crippen MR) is 92.1 cm³/mol. The van der Waals surface area contributed by atoms with E-state index in [0.29, 0.717) is 13.0 Å². The first kappa shape index (κ1) is 18.2. The van der Waals surface area contributed by atoms with Crippen LogP contribution in [-0.4, -0.2) is 26.3 Å². The fraction of sp³-hybridized carbons (Fsp3) is 0.562. The highest BCUT2D eigenvalue weighted by Gasteiger charge is 2.46. The molecule has 7 heteroatoms. The van der Waals surface area contributed by atoms with E-state index in [9.17, 15) is 13.2 Å². The molecule has 3 rings (SSSR count). The van der Waals surface area contributed by atoms with Gasteiger partial charge in [0, 0.05) is 32.3 Å². The molecule has 2 N–H and O–H groups in total. The number of sulfone groups is 1. The van der Waals surface area contributed by atoms with Gasteiger partial charge in [0.05, 0.1) is 5.75 Å². The Hall–Kier alpha value is -1.11. The predicted octanol–water partition coefficient (Wildman–Crippen LogP) is 1.54. The van der Waals surface area contributed by atoms with E-state index in [4.69, 9.17) is 0 Å². The van der Waals surface area contributed by atoms with Crippen molar-refractivity contribution in [1.29, 1.82) is 0 Å². The Morgan fingerprint density at radius 1 is 1.26 bits per heavy atom. The number of fused-ring (bicyclic) bond motifs is 1. The molecule has 0 bridgehead atoms. The summed E-state index contributed by atoms with van der Waals surface area (Å²) in [6.45, 7) is 2.30. The summed E-state index contributed by atoms with van der Waals surface area (Å²) in [6.07, 6.45) is 3.21. The molecule has 0 unspecified atom stereocenters. The van der Waals surface area contributed by atoms with Crippen molar-refractivity contribution in [1.82, 2.24) is 10.6 Å². The minimum Gasteiger partial charge on any atom is -0.352 e. The summed E-state index contributed by atoms with van der Waals surface area (Å²) in [5, 5.41) is 6.21. The zero-order chi connectivity index (χ0) is 15.8. The van der Waals surface area contributed by atoms with E-state index in [-0.39, 0.29) is 29.5 Å². The molecule has 5 nitrogen and oxygen atoms in total. The molecule has 23 heavy (non-hydrogen) atoms. The molecule has 0 radical (unpaired) electrons. The van der Waals surface area contributed by atoms with Crippen molar-refractivity contribution >= 4 is 28.2 Å². The second-order valence-corrected chi connectivity index (χ2v) is 8.87. The lowest BCUT2D eigenvalue weighted by Gasteiger charge is -2.14. The molecule has 0 atom stereocenters. The zero-order valence-corrected chi connectivity index (χ0v) is 14.9. The number of benzene rings is 1. The van der Waals surface area contributed by atoms with E-state index in [1.54, 1.807) is 0 Å². The standard InChI is InChI=1S/C16H22N2O3S.ClH/c1-22(20,21)11-16(4-5-16)7-15(19)18-8-12-2-3-13-9-17-10-14(13)6-12;/h2-3,6,17H,4-5,7-11H2,1H3,(H,18,19);1H. The maximum atomic E-state index is 12.1. The molecule has 1 saturated carbocycles. The summed E-state index contributed by atoms with van der Waals surface area (Å²) >= 11 is 0. The van der Waals surface area contributed by atoms with Gasteiger partial charge in [-0.25, -0.2) is 8.42 Å². The van der Waals surface area contributed by atoms with Gasteiger partial charge in [0.25, 0.3) is 0 Å². The average Bonchev–Trinajstić information content (AvgIpc) is 2.99. The van der Waals surface area contributed by atoms with E-state index >= 15 is 0 Å². The van der Waals surface area contributed by atoms with Gasteiger partial charge in [-0.1, -0.05) is 18.2 Å². The molecular formula is C16H23ClN2O3S. The fourth-order valence-electron chi connectivity index (χ4n) is 3.17. The van der Waals surface area contributed by atoms with Gasteiger partial charge in [-0.3, -0.25) is 4.79 Å². The maximum absolute atomic E-state index is 12.1. The number of hydrogen-bond acceptors (Lipinski definition) is 4. The first-order chi connectivity index (χ1) is 10.4. The largest absolute Gasteiger partial charge is 0.352 e. The monoisotopic (exact) mass is 358 g/mol. The summed E-state index contributed by atoms with van der Waals surface area (Å²) in [7, 11) is -3.03. The van der Waals surface area contributed by atoms with Crippen LogP contribution in [0.25, 0.3) is 0 Å². The number of carbonyl (C=O) groups is 1. The van der Waals surface area contributed by atoms with Gasteiger partial charge >= 0.3 is 0 Å². The number of halogens is 1. The molecule has 0 aromatic heterocycles. The highest BCUT2D eigenvalue weighted by atomic mass is 35.5. The van der Waals surface area contributed by atoms with Crippen molar-refractivity contribution in [3.8, 4) is 0 Å². The lowest BCUT2D eigenvalue weighted by Crippen LogP contribution is -2.28. The third-order valence-electron chi connectivity index (χ3n) is 4.45. The molecule has 1 aromatic carbocycles. The van der Waals surface area contributed by atoms with Crippen LogP contribution in [0.15, 0.2) is 18.2 Å². The van der Waals surface area contributed by atoms with Gasteiger partial charge in [0.1, 0.15) is 9.84 Å². The zero-order valence-electron chi connectivity index (χ0n) is 13.2. The Labute approximate surface area is 143 Å². The van der Waals surface area contributed by atoms with Crippen molar-refractivity contribution in [2.75, 3.05) is 12.0 Å². The summed E-state index contributed by atoms with van der Waals surface area (Å²) < 4.78 is 22.8. The smallest absolute Gasteiger partial charge is 0.220 e. The molecule has 1 aliphatic heterocycles. The van der Waals surface area contributed by atoms with Crippen LogP contribution >= 0.6 is 12.4 Å². The van der Waals surface area contributed by atoms with E-state index in [1.807, 2.05) is 6.07 Å². The van der Waals surface area contributed by atoms with Crippen LogP contribution in [0.4, 0.5) is 0 Å². The molecule has 1 aromatic rings. The summed E-state index contributed by atoms with van der Waals surface area (Å²) in [5.74, 6) is 0.0672. The molecule has 1 fully saturated rings. The van der Waals surface area contributed by atoms with E-state index in [1.165, 1.54) is 17.4 Å². The van der Waals surface area contributed by atoms with Gasteiger partial charge in [-0.2, -0.15) is 0 Å². The SMILES string of the molecule is CS(=O)(=O)CC1(CC(=O)NCc2ccc3c(c2)CNC3)CC1.Cl. The van der Waals surface area contributed by atoms with Gasteiger partial charge in [0.15, 0.2) is 0 Å². The number of carbonyl (C=O) groups excluding carboxylic acids is 1. The van der Waals surface area contributed by atoms with Crippen LogP contribution in [-0.2, 0) is 34.3 Å². The van der Waals surface area contributed by atoms with Crippen LogP contribution in [0, 0.1) is 5.41 Å². The summed E-state index contributed by atoms with van der Waals surface area (Å²) in [5.41, 5.74) is 3.39. The lowest BCUT2D eigenvalue weighted by atomic mass is 10.0. The molecule has 0 spiro atoms. The lowest BCUT2D eigenvalue weighted by molar-refractivity contribution is -0.122. The van der Waals surface area contributed by atoms with Crippen molar-refractivity contribution < 1.29 is 13.2 Å². The van der Waals surface area contributed by atoms with Crippen molar-refractivity contribution in [3.05, 3.63) is 34.9 Å². The van der Waals surface area contributed by atoms with Crippen LogP contribution in [0.2, 0.25) is 0 Å². The minimum atomic E-state index is -3.03. The molecule has 1 aliphatic carbocycles. The second kappa shape index (κ2) is 6.79. The fourth-order valence-corrected chi connectivity index (χ4v) is 4.67. The average molecular weight is 359 g/mol. The van der Waals surface area contributed by atoms with Gasteiger partial charge in [-0.05, 0) is 34.9 Å². The molecular weight excluding hydrogens is 336 g/mol. The Morgan fingerprint density at radius 2 is 1.96 bits per heavy atom. The first-order valence-electron chi connectivity index (χ1n) is 7.61. The number of nitrogens with one attached hydrogen (secondary N) is 2. The van der Waals surface area contributed by atoms with E-state index < -0.39 is 9.84 Å². The normalized spacial score (nSPS) is 18.0. The molecule has 1 amide bonds. The highest BCUT2D eigenvalue weighted by Crippen LogP contribution is 2.49. The maximum Gasteiger partial charge on any atom is 0.220 e. The first-order valence-corrected chi connectivity index (χ1v) is 9.67.